The van der Waals surface area contributed by atoms with E-state index in [0.29, 0.717) is 32.3 Å². The lowest BCUT2D eigenvalue weighted by Gasteiger charge is -2.25. The van der Waals surface area contributed by atoms with E-state index < -0.39 is 5.54 Å². The third-order valence-electron chi connectivity index (χ3n) is 2.61. The number of nitrogens with zero attached hydrogens (tertiary/aromatic N) is 1. The summed E-state index contributed by atoms with van der Waals surface area (Å²) in [5, 5.41) is 12.4. The van der Waals surface area contributed by atoms with Gasteiger partial charge >= 0.3 is 0 Å². The van der Waals surface area contributed by atoms with Crippen LogP contribution in [0, 0.1) is 11.3 Å². The maximum absolute atomic E-state index is 9.14. The van der Waals surface area contributed by atoms with Gasteiger partial charge in [-0.2, -0.15) is 5.26 Å². The van der Waals surface area contributed by atoms with Gasteiger partial charge in [-0.25, -0.2) is 0 Å². The van der Waals surface area contributed by atoms with Crippen molar-refractivity contribution < 1.29 is 9.47 Å². The van der Waals surface area contributed by atoms with Gasteiger partial charge in [0.05, 0.1) is 19.3 Å². The van der Waals surface area contributed by atoms with E-state index in [1.807, 2.05) is 20.8 Å². The average Bonchev–Trinajstić information content (AvgIpc) is 2.32. The van der Waals surface area contributed by atoms with Crippen LogP contribution in [0.25, 0.3) is 0 Å². The third-order valence-corrected chi connectivity index (χ3v) is 2.61. The van der Waals surface area contributed by atoms with Crippen molar-refractivity contribution in [1.82, 2.24) is 5.32 Å². The lowest BCUT2D eigenvalue weighted by Crippen LogP contribution is -2.45. The summed E-state index contributed by atoms with van der Waals surface area (Å²) >= 11 is 0. The van der Waals surface area contributed by atoms with E-state index in [2.05, 4.69) is 18.3 Å². The normalized spacial score (nSPS) is 14.4. The molecular weight excluding hydrogens is 228 g/mol. The van der Waals surface area contributed by atoms with Gasteiger partial charge in [-0.1, -0.05) is 13.3 Å². The van der Waals surface area contributed by atoms with Crippen molar-refractivity contribution in [2.45, 2.75) is 58.5 Å². The molecule has 0 saturated heterocycles. The van der Waals surface area contributed by atoms with Gasteiger partial charge in [-0.15, -0.1) is 0 Å². The second kappa shape index (κ2) is 10.3. The molecule has 0 radical (unpaired) electrons. The van der Waals surface area contributed by atoms with Crippen molar-refractivity contribution >= 4 is 0 Å². The summed E-state index contributed by atoms with van der Waals surface area (Å²) in [5.41, 5.74) is -0.503. The Balaban J connectivity index is 3.54. The second-order valence-electron chi connectivity index (χ2n) is 5.07. The molecule has 0 aliphatic heterocycles. The fourth-order valence-electron chi connectivity index (χ4n) is 1.64. The Morgan fingerprint density at radius 3 is 2.28 bits per heavy atom. The molecule has 0 heterocycles. The molecule has 4 nitrogen and oxygen atoms in total. The molecule has 0 aromatic rings. The molecule has 4 heteroatoms. The Morgan fingerprint density at radius 2 is 1.78 bits per heavy atom. The Bertz CT molecular complexity index is 238. The summed E-state index contributed by atoms with van der Waals surface area (Å²) in [6.45, 7) is 10.8. The molecule has 0 rings (SSSR count). The third kappa shape index (κ3) is 9.41. The van der Waals surface area contributed by atoms with Crippen molar-refractivity contribution in [1.29, 1.82) is 5.26 Å². The van der Waals surface area contributed by atoms with Gasteiger partial charge in [0, 0.05) is 25.7 Å². The van der Waals surface area contributed by atoms with E-state index in [4.69, 9.17) is 14.7 Å². The maximum atomic E-state index is 9.14. The van der Waals surface area contributed by atoms with Crippen LogP contribution in [0.2, 0.25) is 0 Å². The monoisotopic (exact) mass is 256 g/mol. The molecule has 0 amide bonds. The van der Waals surface area contributed by atoms with Crippen molar-refractivity contribution in [3.05, 3.63) is 0 Å². The Labute approximate surface area is 112 Å². The molecule has 0 bridgehead atoms. The molecule has 0 aliphatic rings. The van der Waals surface area contributed by atoms with Crippen molar-refractivity contribution in [2.24, 2.45) is 0 Å². The summed E-state index contributed by atoms with van der Waals surface area (Å²) in [5.74, 6) is 0. The predicted octanol–water partition coefficient (Wildman–Crippen LogP) is 2.49. The molecule has 0 saturated carbocycles. The van der Waals surface area contributed by atoms with E-state index in [1.54, 1.807) is 0 Å². The van der Waals surface area contributed by atoms with E-state index in [9.17, 15) is 0 Å². The first-order valence-corrected chi connectivity index (χ1v) is 6.88. The van der Waals surface area contributed by atoms with Crippen LogP contribution >= 0.6 is 0 Å². The highest BCUT2D eigenvalue weighted by Crippen LogP contribution is 2.09. The SMILES string of the molecule is CCCCOCCOCCC(C)(C#N)NC(C)C. The fourth-order valence-corrected chi connectivity index (χ4v) is 1.64. The molecule has 1 atom stereocenters. The lowest BCUT2D eigenvalue weighted by molar-refractivity contribution is 0.0412. The summed E-state index contributed by atoms with van der Waals surface area (Å²) in [6, 6.07) is 2.60. The predicted molar refractivity (Wildman–Crippen MR) is 73.5 cm³/mol. The van der Waals surface area contributed by atoms with Crippen LogP contribution < -0.4 is 5.32 Å². The summed E-state index contributed by atoms with van der Waals surface area (Å²) in [4.78, 5) is 0. The van der Waals surface area contributed by atoms with Crippen LogP contribution in [0.3, 0.4) is 0 Å². The van der Waals surface area contributed by atoms with Crippen molar-refractivity contribution in [3.63, 3.8) is 0 Å². The van der Waals surface area contributed by atoms with Gasteiger partial charge in [0.15, 0.2) is 0 Å². The molecule has 18 heavy (non-hydrogen) atoms. The molecule has 0 fully saturated rings. The van der Waals surface area contributed by atoms with Gasteiger partial charge in [-0.3, -0.25) is 5.32 Å². The number of hydrogen-bond acceptors (Lipinski definition) is 4. The van der Waals surface area contributed by atoms with Crippen LogP contribution in [0.1, 0.15) is 47.0 Å². The first-order valence-electron chi connectivity index (χ1n) is 6.88. The average molecular weight is 256 g/mol. The zero-order valence-electron chi connectivity index (χ0n) is 12.3. The van der Waals surface area contributed by atoms with Crippen molar-refractivity contribution in [3.8, 4) is 6.07 Å². The Kier molecular flexibility index (Phi) is 9.95. The molecule has 0 aromatic carbocycles. The second-order valence-corrected chi connectivity index (χ2v) is 5.07. The summed E-state index contributed by atoms with van der Waals surface area (Å²) in [6.07, 6.45) is 2.95. The molecule has 0 aromatic heterocycles. The zero-order valence-corrected chi connectivity index (χ0v) is 12.3. The first-order chi connectivity index (χ1) is 8.54. The van der Waals surface area contributed by atoms with Gasteiger partial charge in [0.1, 0.15) is 5.54 Å². The number of unbranched alkanes of at least 4 members (excludes halogenated alkanes) is 1. The van der Waals surface area contributed by atoms with E-state index >= 15 is 0 Å². The minimum atomic E-state index is -0.503. The lowest BCUT2D eigenvalue weighted by atomic mass is 9.99. The van der Waals surface area contributed by atoms with Crippen molar-refractivity contribution in [2.75, 3.05) is 26.4 Å². The molecule has 0 aliphatic carbocycles. The molecule has 1 unspecified atom stereocenters. The van der Waals surface area contributed by atoms with Gasteiger partial charge < -0.3 is 9.47 Å². The number of nitrogens with one attached hydrogen (secondary N) is 1. The Morgan fingerprint density at radius 1 is 1.17 bits per heavy atom. The number of hydrogen-bond donors (Lipinski definition) is 1. The highest BCUT2D eigenvalue weighted by molar-refractivity contribution is 5.04. The highest BCUT2D eigenvalue weighted by atomic mass is 16.5. The maximum Gasteiger partial charge on any atom is 0.106 e. The zero-order chi connectivity index (χ0) is 13.9. The summed E-state index contributed by atoms with van der Waals surface area (Å²) in [7, 11) is 0. The molecule has 1 N–H and O–H groups in total. The highest BCUT2D eigenvalue weighted by Gasteiger charge is 2.23. The number of ether oxygens (including phenoxy) is 2. The summed E-state index contributed by atoms with van der Waals surface area (Å²) < 4.78 is 10.9. The van der Waals surface area contributed by atoms with E-state index in [-0.39, 0.29) is 0 Å². The first kappa shape index (κ1) is 17.4. The fraction of sp³-hybridized carbons (Fsp3) is 0.929. The van der Waals surface area contributed by atoms with Crippen LogP contribution in [0.4, 0.5) is 0 Å². The topological polar surface area (TPSA) is 54.3 Å². The minimum absolute atomic E-state index is 0.298. The van der Waals surface area contributed by atoms with Gasteiger partial charge in [0.25, 0.3) is 0 Å². The van der Waals surface area contributed by atoms with E-state index in [0.717, 1.165) is 19.4 Å². The smallest absolute Gasteiger partial charge is 0.106 e. The molecular formula is C14H28N2O2. The standard InChI is InChI=1S/C14H28N2O2/c1-5-6-8-17-10-11-18-9-7-14(4,12-15)16-13(2)3/h13,16H,5-11H2,1-4H3. The quantitative estimate of drug-likeness (QED) is 0.577. The van der Waals surface area contributed by atoms with Crippen LogP contribution in [0.15, 0.2) is 0 Å². The molecule has 0 spiro atoms. The number of nitriles is 1. The van der Waals surface area contributed by atoms with Crippen LogP contribution in [-0.4, -0.2) is 38.0 Å². The van der Waals surface area contributed by atoms with Crippen LogP contribution in [-0.2, 0) is 9.47 Å². The molecule has 106 valence electrons. The van der Waals surface area contributed by atoms with Gasteiger partial charge in [-0.05, 0) is 27.2 Å². The van der Waals surface area contributed by atoms with Gasteiger partial charge in [0.2, 0.25) is 0 Å². The van der Waals surface area contributed by atoms with Crippen LogP contribution in [0.5, 0.6) is 0 Å². The largest absolute Gasteiger partial charge is 0.379 e. The minimum Gasteiger partial charge on any atom is -0.379 e. The number of rotatable bonds is 11. The van der Waals surface area contributed by atoms with E-state index in [1.165, 1.54) is 0 Å². The Hall–Kier alpha value is -0.630.